The van der Waals surface area contributed by atoms with Crippen LogP contribution in [0.1, 0.15) is 61.2 Å². The number of esters is 1. The highest BCUT2D eigenvalue weighted by Gasteiger charge is 2.45. The number of rotatable bonds is 8. The summed E-state index contributed by atoms with van der Waals surface area (Å²) in [5.74, 6) is -0.501. The molecule has 2 aromatic rings. The zero-order chi connectivity index (χ0) is 26.7. The Bertz CT molecular complexity index is 1100. The lowest BCUT2D eigenvalue weighted by atomic mass is 10.2. The van der Waals surface area contributed by atoms with Crippen LogP contribution >= 0.6 is 11.3 Å². The largest absolute Gasteiger partial charge is 0.461 e. The molecule has 1 fully saturated rings. The predicted octanol–water partition coefficient (Wildman–Crippen LogP) is 5.70. The van der Waals surface area contributed by atoms with E-state index < -0.39 is 31.3 Å². The maximum atomic E-state index is 13.2. The predicted molar refractivity (Wildman–Crippen MR) is 137 cm³/mol. The third kappa shape index (κ3) is 6.48. The van der Waals surface area contributed by atoms with Crippen LogP contribution in [0.25, 0.3) is 0 Å². The first-order valence-electron chi connectivity index (χ1n) is 11.8. The lowest BCUT2D eigenvalue weighted by Crippen LogP contribution is -2.44. The summed E-state index contributed by atoms with van der Waals surface area (Å²) in [5, 5.41) is 13.1. The molecule has 3 rings (SSSR count). The van der Waals surface area contributed by atoms with Crippen molar-refractivity contribution in [1.29, 1.82) is 0 Å². The van der Waals surface area contributed by atoms with Gasteiger partial charge in [0, 0.05) is 30.5 Å². The van der Waals surface area contributed by atoms with E-state index in [-0.39, 0.29) is 35.7 Å². The summed E-state index contributed by atoms with van der Waals surface area (Å²) in [6.45, 7) is 13.1. The Hall–Kier alpha value is -2.83. The number of nitro groups is 1. The van der Waals surface area contributed by atoms with E-state index in [0.717, 1.165) is 0 Å². The van der Waals surface area contributed by atoms with Crippen LogP contribution in [0.3, 0.4) is 0 Å². The molecule has 2 heterocycles. The number of thiazole rings is 1. The average molecular weight is 536 g/mol. The van der Waals surface area contributed by atoms with Gasteiger partial charge in [-0.05, 0) is 42.8 Å². The van der Waals surface area contributed by atoms with Gasteiger partial charge in [0.2, 0.25) is 0 Å². The number of hydrogen-bond acceptors (Lipinski definition) is 9. The maximum Gasteiger partial charge on any atom is 0.410 e. The van der Waals surface area contributed by atoms with Gasteiger partial charge >= 0.3 is 12.1 Å². The van der Waals surface area contributed by atoms with Gasteiger partial charge in [0.15, 0.2) is 14.0 Å². The van der Waals surface area contributed by atoms with Gasteiger partial charge in [-0.15, -0.1) is 11.3 Å². The lowest BCUT2D eigenvalue weighted by Gasteiger charge is -2.38. The van der Waals surface area contributed by atoms with E-state index in [1.54, 1.807) is 29.3 Å². The number of nitrogens with zero attached hydrogens (tertiary/aromatic N) is 3. The monoisotopic (exact) mass is 535 g/mol. The molecule has 12 heteroatoms. The molecule has 1 saturated heterocycles. The number of non-ortho nitro benzene ring substituents is 1. The number of amides is 1. The minimum absolute atomic E-state index is 0.00457. The van der Waals surface area contributed by atoms with Gasteiger partial charge in [-0.2, -0.15) is 0 Å². The Balaban J connectivity index is 1.78. The molecule has 0 saturated carbocycles. The second-order valence-corrected chi connectivity index (χ2v) is 15.8. The first-order valence-corrected chi connectivity index (χ1v) is 15.6. The van der Waals surface area contributed by atoms with E-state index in [2.05, 4.69) is 38.8 Å². The molecule has 36 heavy (non-hydrogen) atoms. The lowest BCUT2D eigenvalue weighted by molar-refractivity contribution is -0.384. The van der Waals surface area contributed by atoms with Crippen LogP contribution < -0.4 is 0 Å². The quantitative estimate of drug-likeness (QED) is 0.183. The Morgan fingerprint density at radius 3 is 2.47 bits per heavy atom. The van der Waals surface area contributed by atoms with E-state index in [4.69, 9.17) is 13.9 Å². The van der Waals surface area contributed by atoms with Gasteiger partial charge in [-0.3, -0.25) is 15.0 Å². The Labute approximate surface area is 215 Å². The van der Waals surface area contributed by atoms with E-state index in [1.807, 2.05) is 0 Å². The number of aromatic nitrogens is 1. The van der Waals surface area contributed by atoms with Gasteiger partial charge in [-0.25, -0.2) is 14.6 Å². The van der Waals surface area contributed by atoms with Crippen molar-refractivity contribution in [3.05, 3.63) is 56.0 Å². The number of carbonyl (C=O) groups excluding carboxylic acids is 2. The highest BCUT2D eigenvalue weighted by Crippen LogP contribution is 2.42. The summed E-state index contributed by atoms with van der Waals surface area (Å²) < 4.78 is 17.2. The van der Waals surface area contributed by atoms with Crippen molar-refractivity contribution in [3.8, 4) is 0 Å². The van der Waals surface area contributed by atoms with E-state index >= 15 is 0 Å². The van der Waals surface area contributed by atoms with Gasteiger partial charge in [0.1, 0.15) is 11.6 Å². The number of nitro benzene ring substituents is 1. The third-order valence-electron chi connectivity index (χ3n) is 6.57. The van der Waals surface area contributed by atoms with Crippen molar-refractivity contribution in [2.45, 2.75) is 71.0 Å². The number of ether oxygens (including phenoxy) is 2. The molecule has 0 aliphatic carbocycles. The fourth-order valence-electron chi connectivity index (χ4n) is 3.59. The standard InChI is InChI=1S/C24H33N3O7SSi/c1-7-32-22(28)19-15-35-21(25-19)20-12-18(34-36(5,6)24(2,3)4)13-26(20)23(29)33-14-16-8-10-17(11-9-16)27(30)31/h8-11,15,18,20H,7,12-14H2,1-6H3/t18-,20+/m1/s1. The molecule has 0 radical (unpaired) electrons. The molecule has 1 aliphatic heterocycles. The number of benzene rings is 1. The summed E-state index contributed by atoms with van der Waals surface area (Å²) in [6, 6.07) is 5.46. The van der Waals surface area contributed by atoms with Gasteiger partial charge < -0.3 is 13.9 Å². The van der Waals surface area contributed by atoms with Crippen molar-refractivity contribution in [1.82, 2.24) is 9.88 Å². The van der Waals surface area contributed by atoms with Crippen molar-refractivity contribution in [2.75, 3.05) is 13.2 Å². The van der Waals surface area contributed by atoms with Crippen molar-refractivity contribution >= 4 is 37.4 Å². The second-order valence-electron chi connectivity index (χ2n) is 10.2. The number of hydrogen-bond donors (Lipinski definition) is 0. The smallest absolute Gasteiger partial charge is 0.410 e. The summed E-state index contributed by atoms with van der Waals surface area (Å²) in [5.41, 5.74) is 0.818. The number of carbonyl (C=O) groups is 2. The maximum absolute atomic E-state index is 13.2. The molecular weight excluding hydrogens is 502 g/mol. The highest BCUT2D eigenvalue weighted by atomic mass is 32.1. The topological polar surface area (TPSA) is 121 Å². The molecule has 0 bridgehead atoms. The van der Waals surface area contributed by atoms with Crippen LogP contribution in [-0.2, 0) is 20.5 Å². The minimum atomic E-state index is -2.10. The Kier molecular flexibility index (Phi) is 8.52. The average Bonchev–Trinajstić information content (AvgIpc) is 3.44. The van der Waals surface area contributed by atoms with Gasteiger partial charge in [0.25, 0.3) is 5.69 Å². The summed E-state index contributed by atoms with van der Waals surface area (Å²) in [6.07, 6.45) is -0.195. The summed E-state index contributed by atoms with van der Waals surface area (Å²) in [7, 11) is -2.10. The Morgan fingerprint density at radius 2 is 1.89 bits per heavy atom. The molecule has 1 aromatic carbocycles. The number of likely N-dealkylation sites (tertiary alicyclic amines) is 1. The molecule has 0 spiro atoms. The van der Waals surface area contributed by atoms with Crippen LogP contribution in [0.15, 0.2) is 29.6 Å². The molecular formula is C24H33N3O7SSi. The van der Waals surface area contributed by atoms with E-state index in [0.29, 0.717) is 23.5 Å². The van der Waals surface area contributed by atoms with Crippen molar-refractivity contribution in [3.63, 3.8) is 0 Å². The fourth-order valence-corrected chi connectivity index (χ4v) is 5.86. The van der Waals surface area contributed by atoms with Crippen molar-refractivity contribution < 1.29 is 28.4 Å². The molecule has 1 amide bonds. The van der Waals surface area contributed by atoms with Gasteiger partial charge in [0.05, 0.1) is 23.7 Å². The van der Waals surface area contributed by atoms with E-state index in [9.17, 15) is 19.7 Å². The minimum Gasteiger partial charge on any atom is -0.461 e. The van der Waals surface area contributed by atoms with Crippen LogP contribution in [-0.4, -0.2) is 54.4 Å². The summed E-state index contributed by atoms with van der Waals surface area (Å²) >= 11 is 1.30. The van der Waals surface area contributed by atoms with Gasteiger partial charge in [-0.1, -0.05) is 20.8 Å². The van der Waals surface area contributed by atoms with Crippen LogP contribution in [0.5, 0.6) is 0 Å². The zero-order valence-corrected chi connectivity index (χ0v) is 23.3. The van der Waals surface area contributed by atoms with E-state index in [1.165, 1.54) is 23.5 Å². The molecule has 2 atom stereocenters. The Morgan fingerprint density at radius 1 is 1.22 bits per heavy atom. The normalized spacial score (nSPS) is 18.2. The molecule has 0 unspecified atom stereocenters. The second kappa shape index (κ2) is 11.1. The first kappa shape index (κ1) is 27.7. The molecule has 10 nitrogen and oxygen atoms in total. The van der Waals surface area contributed by atoms with Crippen LogP contribution in [0.4, 0.5) is 10.5 Å². The third-order valence-corrected chi connectivity index (χ3v) is 12.0. The fraction of sp³-hybridized carbons (Fsp3) is 0.542. The zero-order valence-electron chi connectivity index (χ0n) is 21.5. The highest BCUT2D eigenvalue weighted by molar-refractivity contribution is 7.09. The molecule has 1 aliphatic rings. The first-order chi connectivity index (χ1) is 16.8. The SMILES string of the molecule is CCOC(=O)c1csc([C@@H]2C[C@@H](O[Si](C)(C)C(C)(C)C)CN2C(=O)OCc2ccc([N+](=O)[O-])cc2)n1. The molecule has 1 aromatic heterocycles. The molecule has 196 valence electrons. The van der Waals surface area contributed by atoms with Crippen LogP contribution in [0, 0.1) is 10.1 Å². The van der Waals surface area contributed by atoms with Crippen molar-refractivity contribution in [2.24, 2.45) is 0 Å². The summed E-state index contributed by atoms with van der Waals surface area (Å²) in [4.78, 5) is 41.7. The van der Waals surface area contributed by atoms with Crippen LogP contribution in [0.2, 0.25) is 18.1 Å². The molecule has 0 N–H and O–H groups in total.